The number of hydrogen-bond donors (Lipinski definition) is 1. The molecule has 3 rings (SSSR count). The van der Waals surface area contributed by atoms with Crippen molar-refractivity contribution in [1.29, 1.82) is 0 Å². The van der Waals surface area contributed by atoms with E-state index in [4.69, 9.17) is 0 Å². The molecule has 1 fully saturated rings. The predicted molar refractivity (Wildman–Crippen MR) is 76.0 cm³/mol. The number of amides is 1. The van der Waals surface area contributed by atoms with E-state index >= 15 is 0 Å². The largest absolute Gasteiger partial charge is 0.338 e. The summed E-state index contributed by atoms with van der Waals surface area (Å²) in [5, 5.41) is 3.36. The first-order valence-corrected chi connectivity index (χ1v) is 7.37. The zero-order valence-corrected chi connectivity index (χ0v) is 11.6. The van der Waals surface area contributed by atoms with Crippen LogP contribution in [0.25, 0.3) is 0 Å². The molecular weight excluding hydrogens is 236 g/mol. The molecule has 1 N–H and O–H groups in total. The van der Waals surface area contributed by atoms with E-state index in [0.717, 1.165) is 38.9 Å². The third-order valence-electron chi connectivity index (χ3n) is 4.50. The first-order chi connectivity index (χ1) is 9.29. The van der Waals surface area contributed by atoms with E-state index in [1.165, 1.54) is 11.1 Å². The summed E-state index contributed by atoms with van der Waals surface area (Å²) in [5.74, 6) is 0.519. The van der Waals surface area contributed by atoms with Crippen LogP contribution in [0.15, 0.2) is 24.3 Å². The predicted octanol–water partition coefficient (Wildman–Crippen LogP) is 1.61. The van der Waals surface area contributed by atoms with Gasteiger partial charge in [-0.3, -0.25) is 4.79 Å². The number of nitrogens with one attached hydrogen (secondary N) is 1. The number of benzene rings is 1. The Kier molecular flexibility index (Phi) is 3.56. The molecule has 1 amide bonds. The van der Waals surface area contributed by atoms with Crippen molar-refractivity contribution in [3.05, 3.63) is 35.4 Å². The first-order valence-electron chi connectivity index (χ1n) is 7.37. The highest BCUT2D eigenvalue weighted by atomic mass is 16.2. The molecule has 1 unspecified atom stereocenters. The molecule has 0 saturated carbocycles. The van der Waals surface area contributed by atoms with Crippen LogP contribution in [0.4, 0.5) is 0 Å². The Bertz CT molecular complexity index is 441. The van der Waals surface area contributed by atoms with Crippen molar-refractivity contribution in [1.82, 2.24) is 10.2 Å². The fourth-order valence-corrected chi connectivity index (χ4v) is 3.47. The van der Waals surface area contributed by atoms with Crippen molar-refractivity contribution in [2.75, 3.05) is 19.6 Å². The zero-order valence-electron chi connectivity index (χ0n) is 11.6. The van der Waals surface area contributed by atoms with E-state index in [2.05, 4.69) is 41.4 Å². The molecule has 3 heteroatoms. The van der Waals surface area contributed by atoms with Crippen LogP contribution in [0.5, 0.6) is 0 Å². The Labute approximate surface area is 115 Å². The maximum absolute atomic E-state index is 12.7. The van der Waals surface area contributed by atoms with E-state index in [0.29, 0.717) is 11.9 Å². The number of nitrogens with zero attached hydrogens (tertiary/aromatic N) is 1. The summed E-state index contributed by atoms with van der Waals surface area (Å²) < 4.78 is 0. The summed E-state index contributed by atoms with van der Waals surface area (Å²) >= 11 is 0. The smallest absolute Gasteiger partial charge is 0.226 e. The van der Waals surface area contributed by atoms with Crippen molar-refractivity contribution in [2.45, 2.75) is 32.2 Å². The Morgan fingerprint density at radius 1 is 1.32 bits per heavy atom. The average Bonchev–Trinajstić information content (AvgIpc) is 3.08. The molecule has 0 bridgehead atoms. The Morgan fingerprint density at radius 2 is 2.00 bits per heavy atom. The molecule has 1 aliphatic heterocycles. The lowest BCUT2D eigenvalue weighted by Crippen LogP contribution is -2.44. The van der Waals surface area contributed by atoms with Crippen LogP contribution < -0.4 is 5.32 Å². The van der Waals surface area contributed by atoms with Gasteiger partial charge in [-0.2, -0.15) is 0 Å². The summed E-state index contributed by atoms with van der Waals surface area (Å²) in [6.07, 6.45) is 2.94. The topological polar surface area (TPSA) is 32.3 Å². The molecule has 3 nitrogen and oxygen atoms in total. The third-order valence-corrected chi connectivity index (χ3v) is 4.50. The molecule has 1 aliphatic carbocycles. The van der Waals surface area contributed by atoms with E-state index in [1.54, 1.807) is 0 Å². The van der Waals surface area contributed by atoms with Crippen molar-refractivity contribution in [3.63, 3.8) is 0 Å². The van der Waals surface area contributed by atoms with Crippen LogP contribution in [0.2, 0.25) is 0 Å². The van der Waals surface area contributed by atoms with Gasteiger partial charge in [-0.25, -0.2) is 0 Å². The molecule has 102 valence electrons. The minimum Gasteiger partial charge on any atom is -0.338 e. The van der Waals surface area contributed by atoms with Gasteiger partial charge in [0.2, 0.25) is 5.91 Å². The van der Waals surface area contributed by atoms with Gasteiger partial charge in [-0.15, -0.1) is 0 Å². The number of carbonyl (C=O) groups excluding carboxylic acids is 1. The number of hydrogen-bond acceptors (Lipinski definition) is 2. The summed E-state index contributed by atoms with van der Waals surface area (Å²) in [6, 6.07) is 8.88. The number of rotatable bonds is 3. The highest BCUT2D eigenvalue weighted by Crippen LogP contribution is 2.28. The Hall–Kier alpha value is -1.35. The molecule has 1 heterocycles. The Morgan fingerprint density at radius 3 is 2.53 bits per heavy atom. The number of likely N-dealkylation sites (N-methyl/N-ethyl adjacent to an activating group) is 1. The van der Waals surface area contributed by atoms with E-state index in [-0.39, 0.29) is 5.92 Å². The Balaban J connectivity index is 1.71. The van der Waals surface area contributed by atoms with E-state index < -0.39 is 0 Å². The SMILES string of the molecule is CCN(C(=O)C1Cc2ccccc2C1)C1CCNC1. The van der Waals surface area contributed by atoms with Gasteiger partial charge >= 0.3 is 0 Å². The molecular formula is C16H22N2O. The normalized spacial score (nSPS) is 22.5. The number of fused-ring (bicyclic) bond motifs is 1. The lowest BCUT2D eigenvalue weighted by Gasteiger charge is -2.29. The standard InChI is InChI=1S/C16H22N2O/c1-2-18(15-7-8-17-11-15)16(19)14-9-12-5-3-4-6-13(12)10-14/h3-6,14-15,17H,2,7-11H2,1H3. The first kappa shape index (κ1) is 12.7. The fourth-order valence-electron chi connectivity index (χ4n) is 3.47. The van der Waals surface area contributed by atoms with E-state index in [9.17, 15) is 4.79 Å². The molecule has 0 aromatic heterocycles. The van der Waals surface area contributed by atoms with Crippen molar-refractivity contribution < 1.29 is 4.79 Å². The van der Waals surface area contributed by atoms with Crippen molar-refractivity contribution in [3.8, 4) is 0 Å². The van der Waals surface area contributed by atoms with Crippen LogP contribution in [0, 0.1) is 5.92 Å². The zero-order chi connectivity index (χ0) is 13.2. The third kappa shape index (κ3) is 2.39. The van der Waals surface area contributed by atoms with Gasteiger partial charge < -0.3 is 10.2 Å². The highest BCUT2D eigenvalue weighted by molar-refractivity contribution is 5.80. The van der Waals surface area contributed by atoms with Gasteiger partial charge in [0, 0.05) is 25.0 Å². The maximum atomic E-state index is 12.7. The molecule has 1 atom stereocenters. The molecule has 2 aliphatic rings. The van der Waals surface area contributed by atoms with Crippen LogP contribution >= 0.6 is 0 Å². The van der Waals surface area contributed by atoms with Gasteiger partial charge in [0.05, 0.1) is 0 Å². The second-order valence-electron chi connectivity index (χ2n) is 5.64. The second-order valence-corrected chi connectivity index (χ2v) is 5.64. The molecule has 0 spiro atoms. The van der Waals surface area contributed by atoms with E-state index in [1.807, 2.05) is 0 Å². The molecule has 1 saturated heterocycles. The molecule has 1 aromatic carbocycles. The monoisotopic (exact) mass is 258 g/mol. The lowest BCUT2D eigenvalue weighted by molar-refractivity contribution is -0.137. The minimum absolute atomic E-state index is 0.165. The van der Waals surface area contributed by atoms with Crippen LogP contribution in [-0.4, -0.2) is 36.5 Å². The number of carbonyl (C=O) groups is 1. The minimum atomic E-state index is 0.165. The lowest BCUT2D eigenvalue weighted by atomic mass is 10.0. The molecule has 0 radical (unpaired) electrons. The quantitative estimate of drug-likeness (QED) is 0.893. The van der Waals surface area contributed by atoms with Crippen LogP contribution in [-0.2, 0) is 17.6 Å². The second kappa shape index (κ2) is 5.33. The van der Waals surface area contributed by atoms with Gasteiger partial charge in [0.15, 0.2) is 0 Å². The molecule has 1 aromatic rings. The van der Waals surface area contributed by atoms with Crippen LogP contribution in [0.3, 0.4) is 0 Å². The van der Waals surface area contributed by atoms with Crippen molar-refractivity contribution in [2.24, 2.45) is 5.92 Å². The maximum Gasteiger partial charge on any atom is 0.226 e. The highest BCUT2D eigenvalue weighted by Gasteiger charge is 2.33. The summed E-state index contributed by atoms with van der Waals surface area (Å²) in [6.45, 7) is 4.93. The van der Waals surface area contributed by atoms with Gasteiger partial charge in [-0.05, 0) is 43.9 Å². The van der Waals surface area contributed by atoms with Gasteiger partial charge in [-0.1, -0.05) is 24.3 Å². The van der Waals surface area contributed by atoms with Crippen LogP contribution in [0.1, 0.15) is 24.5 Å². The van der Waals surface area contributed by atoms with Gasteiger partial charge in [0.25, 0.3) is 0 Å². The summed E-state index contributed by atoms with van der Waals surface area (Å²) in [4.78, 5) is 14.8. The average molecular weight is 258 g/mol. The fraction of sp³-hybridized carbons (Fsp3) is 0.562. The van der Waals surface area contributed by atoms with Gasteiger partial charge in [0.1, 0.15) is 0 Å². The van der Waals surface area contributed by atoms with Crippen molar-refractivity contribution >= 4 is 5.91 Å². The molecule has 19 heavy (non-hydrogen) atoms. The summed E-state index contributed by atoms with van der Waals surface area (Å²) in [7, 11) is 0. The summed E-state index contributed by atoms with van der Waals surface area (Å²) in [5.41, 5.74) is 2.72.